The summed E-state index contributed by atoms with van der Waals surface area (Å²) in [6, 6.07) is 20.0. The van der Waals surface area contributed by atoms with E-state index in [2.05, 4.69) is 73.3 Å². The van der Waals surface area contributed by atoms with Crippen LogP contribution in [0.2, 0.25) is 0 Å². The maximum absolute atomic E-state index is 13.7. The van der Waals surface area contributed by atoms with Crippen LogP contribution in [0.15, 0.2) is 54.6 Å². The van der Waals surface area contributed by atoms with Gasteiger partial charge in [-0.05, 0) is 74.1 Å². The number of halogens is 2. The second-order valence-electron chi connectivity index (χ2n) is 8.75. The van der Waals surface area contributed by atoms with Crippen LogP contribution in [0.3, 0.4) is 0 Å². The van der Waals surface area contributed by atoms with Crippen LogP contribution in [0.5, 0.6) is 0 Å². The molecule has 0 bridgehead atoms. The van der Waals surface area contributed by atoms with Crippen LogP contribution in [-0.2, 0) is 12.8 Å². The molecular formula is C27H37F2N. The molecule has 1 saturated carbocycles. The van der Waals surface area contributed by atoms with Crippen LogP contribution in [0, 0.1) is 0 Å². The molecule has 1 aliphatic rings. The van der Waals surface area contributed by atoms with Gasteiger partial charge in [0, 0.05) is 12.6 Å². The second kappa shape index (κ2) is 11.6. The molecule has 0 spiro atoms. The fraction of sp³-hybridized carbons (Fsp3) is 0.556. The maximum Gasteiger partial charge on any atom is 0.132 e. The Morgan fingerprint density at radius 3 is 2.20 bits per heavy atom. The summed E-state index contributed by atoms with van der Waals surface area (Å²) in [6.45, 7) is 6.71. The van der Waals surface area contributed by atoms with Gasteiger partial charge in [0.1, 0.15) is 12.3 Å². The van der Waals surface area contributed by atoms with Crippen LogP contribution in [0.25, 0.3) is 0 Å². The first-order valence-electron chi connectivity index (χ1n) is 11.8. The van der Waals surface area contributed by atoms with Gasteiger partial charge < -0.3 is 4.90 Å². The average Bonchev–Trinajstić information content (AvgIpc) is 2.79. The predicted molar refractivity (Wildman–Crippen MR) is 123 cm³/mol. The van der Waals surface area contributed by atoms with E-state index in [1.54, 1.807) is 0 Å². The van der Waals surface area contributed by atoms with Gasteiger partial charge in [0.05, 0.1) is 0 Å². The molecule has 1 fully saturated rings. The van der Waals surface area contributed by atoms with E-state index in [0.29, 0.717) is 18.9 Å². The van der Waals surface area contributed by atoms with Crippen LogP contribution >= 0.6 is 0 Å². The monoisotopic (exact) mass is 413 g/mol. The number of alkyl halides is 2. The highest BCUT2D eigenvalue weighted by molar-refractivity contribution is 5.26. The molecule has 0 heterocycles. The van der Waals surface area contributed by atoms with E-state index in [1.165, 1.54) is 16.7 Å². The molecule has 3 heteroatoms. The van der Waals surface area contributed by atoms with Crippen molar-refractivity contribution in [3.05, 3.63) is 71.3 Å². The van der Waals surface area contributed by atoms with Crippen molar-refractivity contribution < 1.29 is 8.78 Å². The molecule has 0 saturated heterocycles. The molecule has 4 unspecified atom stereocenters. The summed E-state index contributed by atoms with van der Waals surface area (Å²) >= 11 is 0. The normalized spacial score (nSPS) is 22.9. The summed E-state index contributed by atoms with van der Waals surface area (Å²) in [4.78, 5) is 2.61. The molecule has 0 aliphatic heterocycles. The van der Waals surface area contributed by atoms with Gasteiger partial charge in [0.25, 0.3) is 0 Å². The molecule has 4 atom stereocenters. The molecule has 1 aliphatic carbocycles. The van der Waals surface area contributed by atoms with Crippen molar-refractivity contribution in [3.63, 3.8) is 0 Å². The molecule has 0 aromatic heterocycles. The molecule has 2 aromatic rings. The number of benzene rings is 2. The van der Waals surface area contributed by atoms with E-state index in [-0.39, 0.29) is 5.92 Å². The van der Waals surface area contributed by atoms with E-state index in [9.17, 15) is 8.78 Å². The Labute approximate surface area is 181 Å². The van der Waals surface area contributed by atoms with E-state index >= 15 is 0 Å². The van der Waals surface area contributed by atoms with Crippen LogP contribution in [0.4, 0.5) is 8.78 Å². The molecule has 0 radical (unpaired) electrons. The van der Waals surface area contributed by atoms with Gasteiger partial charge in [0.15, 0.2) is 0 Å². The van der Waals surface area contributed by atoms with Gasteiger partial charge in [0.2, 0.25) is 0 Å². The zero-order chi connectivity index (χ0) is 21.3. The smallest absolute Gasteiger partial charge is 0.132 e. The number of likely N-dealkylation sites (N-methyl/N-ethyl adjacent to an activating group) is 1. The first kappa shape index (κ1) is 22.9. The largest absolute Gasteiger partial charge is 0.300 e. The van der Waals surface area contributed by atoms with E-state index in [1.807, 2.05) is 0 Å². The molecule has 0 N–H and O–H groups in total. The maximum atomic E-state index is 13.7. The lowest BCUT2D eigenvalue weighted by molar-refractivity contribution is 0.108. The molecule has 164 valence electrons. The number of hydrogen-bond donors (Lipinski definition) is 0. The van der Waals surface area contributed by atoms with E-state index in [0.717, 1.165) is 45.2 Å². The fourth-order valence-corrected chi connectivity index (χ4v) is 4.83. The number of hydrogen-bond acceptors (Lipinski definition) is 1. The van der Waals surface area contributed by atoms with Crippen molar-refractivity contribution in [1.29, 1.82) is 0 Å². The Morgan fingerprint density at radius 2 is 1.57 bits per heavy atom. The highest BCUT2D eigenvalue weighted by Gasteiger charge is 2.31. The standard InChI is InChI=1S/C27H37F2N/c1-3-25(30(4-2)19-18-21-8-6-5-7-9-21)16-12-22-10-13-23(14-11-22)24-15-17-26(28)27(29)20-24/h5-11,13-14,24-27H,3-4,12,15-20H2,1-2H3. The minimum atomic E-state index is -1.30. The van der Waals surface area contributed by atoms with Crippen molar-refractivity contribution in [1.82, 2.24) is 4.90 Å². The lowest BCUT2D eigenvalue weighted by Gasteiger charge is -2.30. The quantitative estimate of drug-likeness (QED) is 0.409. The Hall–Kier alpha value is -1.74. The second-order valence-corrected chi connectivity index (χ2v) is 8.75. The van der Waals surface area contributed by atoms with Gasteiger partial charge in [-0.25, -0.2) is 8.78 Å². The van der Waals surface area contributed by atoms with Crippen molar-refractivity contribution in [3.8, 4) is 0 Å². The first-order valence-corrected chi connectivity index (χ1v) is 11.8. The van der Waals surface area contributed by atoms with Crippen molar-refractivity contribution in [2.45, 2.75) is 83.1 Å². The fourth-order valence-electron chi connectivity index (χ4n) is 4.83. The summed E-state index contributed by atoms with van der Waals surface area (Å²) < 4.78 is 27.1. The summed E-state index contributed by atoms with van der Waals surface area (Å²) in [6.07, 6.45) is 3.32. The minimum Gasteiger partial charge on any atom is -0.300 e. The first-order chi connectivity index (χ1) is 14.6. The zero-order valence-corrected chi connectivity index (χ0v) is 18.6. The summed E-state index contributed by atoms with van der Waals surface area (Å²) in [5, 5.41) is 0. The Morgan fingerprint density at radius 1 is 0.867 bits per heavy atom. The lowest BCUT2D eigenvalue weighted by atomic mass is 9.82. The summed E-state index contributed by atoms with van der Waals surface area (Å²) in [7, 11) is 0. The minimum absolute atomic E-state index is 0.165. The third kappa shape index (κ3) is 6.38. The predicted octanol–water partition coefficient (Wildman–Crippen LogP) is 6.91. The van der Waals surface area contributed by atoms with Crippen molar-refractivity contribution >= 4 is 0 Å². The average molecular weight is 414 g/mol. The molecule has 0 amide bonds. The highest BCUT2D eigenvalue weighted by atomic mass is 19.2. The Balaban J connectivity index is 1.51. The highest BCUT2D eigenvalue weighted by Crippen LogP contribution is 2.35. The molecule has 2 aromatic carbocycles. The Bertz CT molecular complexity index is 730. The summed E-state index contributed by atoms with van der Waals surface area (Å²) in [5.41, 5.74) is 3.91. The molecule has 3 rings (SSSR count). The number of aryl methyl sites for hydroxylation is 1. The van der Waals surface area contributed by atoms with Gasteiger partial charge in [-0.3, -0.25) is 0 Å². The van der Waals surface area contributed by atoms with Gasteiger partial charge in [-0.2, -0.15) is 0 Å². The zero-order valence-electron chi connectivity index (χ0n) is 18.6. The van der Waals surface area contributed by atoms with Gasteiger partial charge in [-0.15, -0.1) is 0 Å². The SMILES string of the molecule is CCC(CCc1ccc(C2CCC(F)C(F)C2)cc1)N(CC)CCc1ccccc1. The third-order valence-electron chi connectivity index (χ3n) is 6.83. The number of rotatable bonds is 10. The van der Waals surface area contributed by atoms with Crippen molar-refractivity contribution in [2.75, 3.05) is 13.1 Å². The lowest BCUT2D eigenvalue weighted by Crippen LogP contribution is -2.36. The van der Waals surface area contributed by atoms with E-state index in [4.69, 9.17) is 0 Å². The molecule has 30 heavy (non-hydrogen) atoms. The van der Waals surface area contributed by atoms with E-state index < -0.39 is 12.3 Å². The Kier molecular flexibility index (Phi) is 8.87. The summed E-state index contributed by atoms with van der Waals surface area (Å²) in [5.74, 6) is 0.165. The topological polar surface area (TPSA) is 3.24 Å². The van der Waals surface area contributed by atoms with Crippen molar-refractivity contribution in [2.24, 2.45) is 0 Å². The molecule has 1 nitrogen and oxygen atoms in total. The van der Waals surface area contributed by atoms with Gasteiger partial charge >= 0.3 is 0 Å². The van der Waals surface area contributed by atoms with Crippen LogP contribution in [-0.4, -0.2) is 36.4 Å². The van der Waals surface area contributed by atoms with Gasteiger partial charge in [-0.1, -0.05) is 68.4 Å². The molecular weight excluding hydrogens is 376 g/mol. The third-order valence-corrected chi connectivity index (χ3v) is 6.83. The van der Waals surface area contributed by atoms with Crippen LogP contribution < -0.4 is 0 Å². The number of nitrogens with zero attached hydrogens (tertiary/aromatic N) is 1. The van der Waals surface area contributed by atoms with Crippen LogP contribution in [0.1, 0.15) is 68.6 Å².